The van der Waals surface area contributed by atoms with Gasteiger partial charge in [-0.15, -0.1) is 5.43 Å². The average molecular weight is 520 g/mol. The van der Waals surface area contributed by atoms with Crippen molar-refractivity contribution in [3.05, 3.63) is 46.1 Å². The molecule has 2 rings (SSSR count). The first-order valence-electron chi connectivity index (χ1n) is 12.3. The van der Waals surface area contributed by atoms with Gasteiger partial charge < -0.3 is 26.7 Å². The molecule has 1 aromatic carbocycles. The third kappa shape index (κ3) is 10.4. The number of hydrogen-bond acceptors (Lipinski definition) is 8. The Morgan fingerprint density at radius 2 is 1.84 bits per heavy atom. The number of carbonyl (C=O) groups is 3. The highest BCUT2D eigenvalue weighted by molar-refractivity contribution is 5.91. The van der Waals surface area contributed by atoms with E-state index in [4.69, 9.17) is 11.5 Å². The van der Waals surface area contributed by atoms with Crippen LogP contribution < -0.4 is 38.2 Å². The highest BCUT2D eigenvalue weighted by Crippen LogP contribution is 2.18. The molecule has 0 fully saturated rings. The first-order chi connectivity index (χ1) is 17.7. The lowest BCUT2D eigenvalue weighted by atomic mass is 10.0. The van der Waals surface area contributed by atoms with Crippen molar-refractivity contribution in [2.24, 2.45) is 11.5 Å². The van der Waals surface area contributed by atoms with Crippen molar-refractivity contribution in [2.45, 2.75) is 57.4 Å². The number of nitrogens with zero attached hydrogens (tertiary/aromatic N) is 1. The quantitative estimate of drug-likeness (QED) is 0.0551. The third-order valence-electron chi connectivity index (χ3n) is 5.59. The summed E-state index contributed by atoms with van der Waals surface area (Å²) in [5, 5.41) is 21.5. The van der Waals surface area contributed by atoms with Crippen LogP contribution in [0, 0.1) is 10.1 Å². The van der Waals surface area contributed by atoms with Gasteiger partial charge in [0.25, 0.3) is 0 Å². The molecule has 14 nitrogen and oxygen atoms in total. The number of benzene rings is 1. The number of H-pyrrole nitrogens is 1. The SMILES string of the molecule is CCCNC(=O)CCNC(=O)C(CCCNC(N)N[N+](=O)[O-])NC(=O)C(N)Cc1c[nH]c2ccccc12. The van der Waals surface area contributed by atoms with Crippen LogP contribution >= 0.6 is 0 Å². The summed E-state index contributed by atoms with van der Waals surface area (Å²) >= 11 is 0. The molecule has 10 N–H and O–H groups in total. The zero-order chi connectivity index (χ0) is 27.2. The first kappa shape index (κ1) is 29.5. The summed E-state index contributed by atoms with van der Waals surface area (Å²) < 4.78 is 0. The predicted molar refractivity (Wildman–Crippen MR) is 138 cm³/mol. The average Bonchev–Trinajstić information content (AvgIpc) is 3.26. The van der Waals surface area contributed by atoms with E-state index in [1.54, 1.807) is 6.20 Å². The van der Waals surface area contributed by atoms with E-state index in [0.717, 1.165) is 22.9 Å². The van der Waals surface area contributed by atoms with Crippen LogP contribution in [-0.4, -0.2) is 65.7 Å². The van der Waals surface area contributed by atoms with Crippen LogP contribution in [0.4, 0.5) is 0 Å². The Hall–Kier alpha value is -3.75. The Kier molecular flexibility index (Phi) is 12.3. The van der Waals surface area contributed by atoms with Gasteiger partial charge in [0, 0.05) is 36.6 Å². The molecule has 0 saturated carbocycles. The van der Waals surface area contributed by atoms with Gasteiger partial charge in [0.1, 0.15) is 6.04 Å². The monoisotopic (exact) mass is 519 g/mol. The van der Waals surface area contributed by atoms with Gasteiger partial charge >= 0.3 is 0 Å². The Morgan fingerprint density at radius 1 is 1.08 bits per heavy atom. The zero-order valence-corrected chi connectivity index (χ0v) is 20.9. The fourth-order valence-electron chi connectivity index (χ4n) is 3.68. The van der Waals surface area contributed by atoms with Gasteiger partial charge in [-0.1, -0.05) is 25.1 Å². The molecule has 3 atom stereocenters. The highest BCUT2D eigenvalue weighted by Gasteiger charge is 2.24. The highest BCUT2D eigenvalue weighted by atomic mass is 16.7. The maximum atomic E-state index is 12.9. The summed E-state index contributed by atoms with van der Waals surface area (Å²) in [4.78, 5) is 51.1. The molecule has 1 heterocycles. The molecule has 0 aliphatic carbocycles. The molecule has 2 aromatic rings. The number of nitrogens with one attached hydrogen (secondary N) is 6. The maximum absolute atomic E-state index is 12.9. The van der Waals surface area contributed by atoms with E-state index < -0.39 is 35.2 Å². The fourth-order valence-corrected chi connectivity index (χ4v) is 3.68. The van der Waals surface area contributed by atoms with Crippen LogP contribution in [0.5, 0.6) is 0 Å². The third-order valence-corrected chi connectivity index (χ3v) is 5.59. The Bertz CT molecular complexity index is 1040. The van der Waals surface area contributed by atoms with Gasteiger partial charge in [0.15, 0.2) is 11.3 Å². The number of hydrazine groups is 1. The van der Waals surface area contributed by atoms with Gasteiger partial charge in [-0.25, -0.2) is 10.1 Å². The number of fused-ring (bicyclic) bond motifs is 1. The number of para-hydroxylation sites is 1. The van der Waals surface area contributed by atoms with Gasteiger partial charge in [-0.05, 0) is 43.9 Å². The van der Waals surface area contributed by atoms with Crippen molar-refractivity contribution >= 4 is 28.6 Å². The minimum atomic E-state index is -1.07. The van der Waals surface area contributed by atoms with E-state index in [0.29, 0.717) is 13.0 Å². The molecule has 3 amide bonds. The minimum absolute atomic E-state index is 0.107. The summed E-state index contributed by atoms with van der Waals surface area (Å²) in [5.41, 5.74) is 15.4. The molecule has 37 heavy (non-hydrogen) atoms. The predicted octanol–water partition coefficient (Wildman–Crippen LogP) is -1.05. The number of nitro groups is 1. The molecule has 204 valence electrons. The molecule has 3 unspecified atom stereocenters. The lowest BCUT2D eigenvalue weighted by Crippen LogP contribution is -2.53. The number of rotatable bonds is 17. The number of aromatic amines is 1. The summed E-state index contributed by atoms with van der Waals surface area (Å²) in [7, 11) is 0. The fraction of sp³-hybridized carbons (Fsp3) is 0.522. The lowest BCUT2D eigenvalue weighted by Gasteiger charge is -2.21. The van der Waals surface area contributed by atoms with Gasteiger partial charge in [-0.2, -0.15) is 0 Å². The molecular weight excluding hydrogens is 482 g/mol. The van der Waals surface area contributed by atoms with Crippen molar-refractivity contribution in [1.82, 2.24) is 31.7 Å². The van der Waals surface area contributed by atoms with Crippen LogP contribution in [0.1, 0.15) is 38.2 Å². The number of hydrogen-bond donors (Lipinski definition) is 8. The van der Waals surface area contributed by atoms with E-state index in [1.807, 2.05) is 36.6 Å². The van der Waals surface area contributed by atoms with Crippen LogP contribution in [0.3, 0.4) is 0 Å². The molecule has 0 saturated heterocycles. The van der Waals surface area contributed by atoms with Crippen molar-refractivity contribution in [3.8, 4) is 0 Å². The van der Waals surface area contributed by atoms with Crippen molar-refractivity contribution < 1.29 is 19.4 Å². The lowest BCUT2D eigenvalue weighted by molar-refractivity contribution is -0.552. The number of amides is 3. The number of carbonyl (C=O) groups excluding carboxylic acids is 3. The molecule has 0 aliphatic rings. The molecule has 0 aliphatic heterocycles. The second-order valence-corrected chi connectivity index (χ2v) is 8.58. The Balaban J connectivity index is 1.94. The Morgan fingerprint density at radius 3 is 2.57 bits per heavy atom. The Labute approximate surface area is 214 Å². The molecule has 0 bridgehead atoms. The molecular formula is C23H37N9O5. The standard InChI is InChI=1S/C23H37N9O5/c1-2-10-26-20(33)9-12-27-22(35)19(8-5-11-28-23(25)31-32(36)37)30-21(34)17(24)13-15-14-29-18-7-4-3-6-16(15)18/h3-4,6-7,14,17,19,23,28-29,31H,2,5,8-13,24-25H2,1H3,(H,26,33)(H,27,35)(H,30,34). The summed E-state index contributed by atoms with van der Waals surface area (Å²) in [6, 6.07) is 5.85. The number of aromatic nitrogens is 1. The minimum Gasteiger partial charge on any atom is -0.361 e. The van der Waals surface area contributed by atoms with Gasteiger partial charge in [0.2, 0.25) is 17.7 Å². The van der Waals surface area contributed by atoms with E-state index >= 15 is 0 Å². The molecule has 14 heteroatoms. The summed E-state index contributed by atoms with van der Waals surface area (Å²) in [6.07, 6.45) is 2.51. The summed E-state index contributed by atoms with van der Waals surface area (Å²) in [6.45, 7) is 2.86. The van der Waals surface area contributed by atoms with E-state index in [9.17, 15) is 24.5 Å². The van der Waals surface area contributed by atoms with Crippen molar-refractivity contribution in [1.29, 1.82) is 0 Å². The van der Waals surface area contributed by atoms with E-state index in [1.165, 1.54) is 0 Å². The molecule has 1 aromatic heterocycles. The normalized spacial score (nSPS) is 13.4. The van der Waals surface area contributed by atoms with Crippen LogP contribution in [0.15, 0.2) is 30.5 Å². The smallest absolute Gasteiger partial charge is 0.242 e. The second kappa shape index (κ2) is 15.4. The topological polar surface area (TPSA) is 222 Å². The van der Waals surface area contributed by atoms with Crippen LogP contribution in [0.25, 0.3) is 10.9 Å². The van der Waals surface area contributed by atoms with Crippen molar-refractivity contribution in [3.63, 3.8) is 0 Å². The van der Waals surface area contributed by atoms with Crippen molar-refractivity contribution in [2.75, 3.05) is 19.6 Å². The zero-order valence-electron chi connectivity index (χ0n) is 20.9. The van der Waals surface area contributed by atoms with Gasteiger partial charge in [0.05, 0.1) is 6.04 Å². The molecule has 0 spiro atoms. The first-order valence-corrected chi connectivity index (χ1v) is 12.3. The maximum Gasteiger partial charge on any atom is 0.242 e. The summed E-state index contributed by atoms with van der Waals surface area (Å²) in [5.74, 6) is -1.13. The van der Waals surface area contributed by atoms with Crippen LogP contribution in [-0.2, 0) is 20.8 Å². The van der Waals surface area contributed by atoms with Gasteiger partial charge in [-0.3, -0.25) is 25.4 Å². The number of nitrogens with two attached hydrogens (primary N) is 2. The second-order valence-electron chi connectivity index (χ2n) is 8.58. The molecule has 0 radical (unpaired) electrons. The van der Waals surface area contributed by atoms with Crippen LogP contribution in [0.2, 0.25) is 0 Å². The largest absolute Gasteiger partial charge is 0.361 e. The van der Waals surface area contributed by atoms with E-state index in [2.05, 4.69) is 26.3 Å². The van der Waals surface area contributed by atoms with E-state index in [-0.39, 0.29) is 38.3 Å².